The minimum atomic E-state index is -0.742. The van der Waals surface area contributed by atoms with Crippen LogP contribution >= 0.6 is 11.3 Å². The van der Waals surface area contributed by atoms with Gasteiger partial charge in [-0.15, -0.1) is 10.2 Å². The molecular formula is C37H43N5O6S. The molecule has 1 aliphatic rings. The number of rotatable bonds is 13. The summed E-state index contributed by atoms with van der Waals surface area (Å²) in [7, 11) is 4.67. The van der Waals surface area contributed by atoms with Crippen LogP contribution in [0.4, 0.5) is 10.8 Å². The van der Waals surface area contributed by atoms with Gasteiger partial charge in [0.15, 0.2) is 11.5 Å². The van der Waals surface area contributed by atoms with Crippen LogP contribution < -0.4 is 35.6 Å². The van der Waals surface area contributed by atoms with Crippen LogP contribution in [0.3, 0.4) is 0 Å². The van der Waals surface area contributed by atoms with Crippen LogP contribution in [0, 0.1) is 5.92 Å². The third-order valence-electron chi connectivity index (χ3n) is 8.89. The second kappa shape index (κ2) is 16.0. The van der Waals surface area contributed by atoms with E-state index in [1.54, 1.807) is 33.5 Å². The first-order chi connectivity index (χ1) is 23.7. The average molecular weight is 686 g/mol. The van der Waals surface area contributed by atoms with E-state index in [0.29, 0.717) is 59.2 Å². The van der Waals surface area contributed by atoms with Gasteiger partial charge < -0.3 is 24.8 Å². The van der Waals surface area contributed by atoms with Crippen molar-refractivity contribution in [3.63, 3.8) is 0 Å². The van der Waals surface area contributed by atoms with Gasteiger partial charge in [-0.3, -0.25) is 19.7 Å². The predicted octanol–water partition coefficient (Wildman–Crippen LogP) is 5.97. The number of amides is 2. The molecule has 12 heteroatoms. The summed E-state index contributed by atoms with van der Waals surface area (Å²) >= 11 is 1.34. The fourth-order valence-electron chi connectivity index (χ4n) is 6.18. The number of methoxy groups -OCH3 is 3. The number of nitrogens with zero attached hydrogens (tertiary/aromatic N) is 2. The van der Waals surface area contributed by atoms with Gasteiger partial charge in [-0.25, -0.2) is 0 Å². The summed E-state index contributed by atoms with van der Waals surface area (Å²) in [6.45, 7) is 5.41. The van der Waals surface area contributed by atoms with Crippen molar-refractivity contribution in [3.8, 4) is 28.4 Å². The van der Waals surface area contributed by atoms with E-state index in [1.165, 1.54) is 23.8 Å². The van der Waals surface area contributed by atoms with E-state index in [2.05, 4.69) is 38.3 Å². The number of carbonyl (C=O) groups excluding carboxylic acids is 2. The number of hydrogen-bond donors (Lipinski definition) is 3. The highest BCUT2D eigenvalue weighted by Gasteiger charge is 2.30. The lowest BCUT2D eigenvalue weighted by Crippen LogP contribution is -2.40. The normalized spacial score (nSPS) is 14.7. The fourth-order valence-corrected chi connectivity index (χ4v) is 6.92. The second-order valence-corrected chi connectivity index (χ2v) is 13.1. The molecule has 5 rings (SSSR count). The highest BCUT2D eigenvalue weighted by molar-refractivity contribution is 7.15. The van der Waals surface area contributed by atoms with Gasteiger partial charge in [-0.2, -0.15) is 0 Å². The highest BCUT2D eigenvalue weighted by Crippen LogP contribution is 2.50. The summed E-state index contributed by atoms with van der Waals surface area (Å²) in [6.07, 6.45) is 3.34. The summed E-state index contributed by atoms with van der Waals surface area (Å²) in [5.41, 5.74) is 4.15. The van der Waals surface area contributed by atoms with Crippen molar-refractivity contribution < 1.29 is 23.8 Å². The smallest absolute Gasteiger partial charge is 0.248 e. The van der Waals surface area contributed by atoms with Gasteiger partial charge in [0.1, 0.15) is 11.0 Å². The molecular weight excluding hydrogens is 643 g/mol. The van der Waals surface area contributed by atoms with Crippen LogP contribution in [0.25, 0.3) is 11.1 Å². The Morgan fingerprint density at radius 1 is 0.980 bits per heavy atom. The number of anilines is 2. The fraction of sp³-hybridized carbons (Fsp3) is 0.378. The van der Waals surface area contributed by atoms with Crippen molar-refractivity contribution in [3.05, 3.63) is 86.5 Å². The zero-order valence-electron chi connectivity index (χ0n) is 28.7. The van der Waals surface area contributed by atoms with E-state index in [4.69, 9.17) is 14.2 Å². The molecule has 258 valence electrons. The zero-order chi connectivity index (χ0) is 35.1. The minimum Gasteiger partial charge on any atom is -0.493 e. The van der Waals surface area contributed by atoms with Crippen LogP contribution in [0.2, 0.25) is 0 Å². The molecule has 0 saturated carbocycles. The molecule has 0 spiro atoms. The van der Waals surface area contributed by atoms with E-state index >= 15 is 0 Å². The van der Waals surface area contributed by atoms with E-state index in [9.17, 15) is 14.4 Å². The maximum absolute atomic E-state index is 13.9. The second-order valence-electron chi connectivity index (χ2n) is 12.1. The zero-order valence-corrected chi connectivity index (χ0v) is 29.5. The van der Waals surface area contributed by atoms with E-state index < -0.39 is 12.1 Å². The Kier molecular flexibility index (Phi) is 11.5. The number of carbonyl (C=O) groups is 2. The third kappa shape index (κ3) is 8.02. The Morgan fingerprint density at radius 3 is 2.41 bits per heavy atom. The van der Waals surface area contributed by atoms with Crippen LogP contribution in [-0.4, -0.2) is 49.4 Å². The average Bonchev–Trinajstić information content (AvgIpc) is 3.42. The molecule has 0 unspecified atom stereocenters. The standard InChI is InChI=1S/C37H43N5O6S/c1-7-21(2)33(36(45)40-37-42-41-31(49-37)18-13-23-11-9-8-10-12-23)39-28-17-15-25-26(20-29(28)44)27(38-22(3)43)16-14-24-19-30(46-4)34(47-5)35(48-6)32(24)25/h8-12,15,17,19-21,27,33H,7,13-14,16,18H2,1-6H3,(H,38,43)(H,39,44)(H,40,42,45)/t21-,27+,33+/m1/s1. The SMILES string of the molecule is CC[C@@H](C)[C@H](Nc1ccc2c(cc1=O)[C@@H](NC(C)=O)CCc1cc(OC)c(OC)c(OC)c1-2)C(=O)Nc1nnc(CCc2ccccc2)s1. The molecule has 0 bridgehead atoms. The minimum absolute atomic E-state index is 0.127. The third-order valence-corrected chi connectivity index (χ3v) is 9.79. The Bertz CT molecular complexity index is 1860. The lowest BCUT2D eigenvalue weighted by molar-refractivity contribution is -0.120. The summed E-state index contributed by atoms with van der Waals surface area (Å²) in [5, 5.41) is 18.9. The predicted molar refractivity (Wildman–Crippen MR) is 192 cm³/mol. The van der Waals surface area contributed by atoms with E-state index in [0.717, 1.165) is 22.6 Å². The number of nitrogens with one attached hydrogen (secondary N) is 3. The van der Waals surface area contributed by atoms with Crippen LogP contribution in [0.5, 0.6) is 17.2 Å². The molecule has 11 nitrogen and oxygen atoms in total. The van der Waals surface area contributed by atoms with Crippen molar-refractivity contribution in [2.75, 3.05) is 32.0 Å². The number of ether oxygens (including phenoxy) is 3. The summed E-state index contributed by atoms with van der Waals surface area (Å²) < 4.78 is 17.2. The molecule has 0 aliphatic heterocycles. The topological polar surface area (TPSA) is 141 Å². The number of fused-ring (bicyclic) bond motifs is 3. The summed E-state index contributed by atoms with van der Waals surface area (Å²) in [6, 6.07) is 15.9. The lowest BCUT2D eigenvalue weighted by Gasteiger charge is -2.23. The molecule has 1 heterocycles. The molecule has 1 aromatic heterocycles. The van der Waals surface area contributed by atoms with Gasteiger partial charge >= 0.3 is 0 Å². The lowest BCUT2D eigenvalue weighted by atomic mass is 9.95. The van der Waals surface area contributed by atoms with Gasteiger partial charge in [-0.1, -0.05) is 68.0 Å². The maximum atomic E-state index is 13.9. The number of benzene rings is 2. The Labute approximate surface area is 290 Å². The van der Waals surface area contributed by atoms with E-state index in [1.807, 2.05) is 44.2 Å². The van der Waals surface area contributed by atoms with Gasteiger partial charge in [-0.05, 0) is 65.6 Å². The van der Waals surface area contributed by atoms with E-state index in [-0.39, 0.29) is 28.8 Å². The first-order valence-corrected chi connectivity index (χ1v) is 17.2. The number of aryl methyl sites for hydroxylation is 3. The molecule has 0 saturated heterocycles. The number of aromatic nitrogens is 2. The quantitative estimate of drug-likeness (QED) is 0.155. The van der Waals surface area contributed by atoms with Gasteiger partial charge in [0, 0.05) is 18.9 Å². The van der Waals surface area contributed by atoms with Crippen molar-refractivity contribution >= 4 is 34.0 Å². The molecule has 3 aromatic carbocycles. The molecule has 1 aliphatic carbocycles. The Morgan fingerprint density at radius 2 is 1.73 bits per heavy atom. The summed E-state index contributed by atoms with van der Waals surface area (Å²) in [5.74, 6) is 0.756. The Hall–Kier alpha value is -4.97. The monoisotopic (exact) mass is 685 g/mol. The number of hydrogen-bond acceptors (Lipinski definition) is 10. The molecule has 3 atom stereocenters. The van der Waals surface area contributed by atoms with Crippen LogP contribution in [0.1, 0.15) is 61.4 Å². The first-order valence-electron chi connectivity index (χ1n) is 16.4. The molecule has 49 heavy (non-hydrogen) atoms. The largest absolute Gasteiger partial charge is 0.493 e. The van der Waals surface area contributed by atoms with Crippen molar-refractivity contribution in [1.82, 2.24) is 15.5 Å². The first kappa shape index (κ1) is 35.3. The Balaban J connectivity index is 1.49. The molecule has 2 amide bonds. The highest BCUT2D eigenvalue weighted by atomic mass is 32.1. The van der Waals surface area contributed by atoms with Crippen LogP contribution in [0.15, 0.2) is 59.4 Å². The molecule has 0 radical (unpaired) electrons. The summed E-state index contributed by atoms with van der Waals surface area (Å²) in [4.78, 5) is 40.0. The van der Waals surface area contributed by atoms with Gasteiger partial charge in [0.05, 0.1) is 33.1 Å². The molecule has 3 N–H and O–H groups in total. The van der Waals surface area contributed by atoms with Gasteiger partial charge in [0.25, 0.3) is 0 Å². The van der Waals surface area contributed by atoms with Crippen molar-refractivity contribution in [2.45, 2.75) is 65.0 Å². The molecule has 0 fully saturated rings. The van der Waals surface area contributed by atoms with Crippen molar-refractivity contribution in [1.29, 1.82) is 0 Å². The van der Waals surface area contributed by atoms with Gasteiger partial charge in [0.2, 0.25) is 28.1 Å². The maximum Gasteiger partial charge on any atom is 0.248 e. The molecule has 4 aromatic rings. The van der Waals surface area contributed by atoms with Crippen LogP contribution in [-0.2, 0) is 28.9 Å². The van der Waals surface area contributed by atoms with Crippen molar-refractivity contribution in [2.24, 2.45) is 5.92 Å².